The van der Waals surface area contributed by atoms with Crippen LogP contribution in [0.5, 0.6) is 23.0 Å². The summed E-state index contributed by atoms with van der Waals surface area (Å²) in [4.78, 5) is 0. The van der Waals surface area contributed by atoms with Crippen molar-refractivity contribution >= 4 is 11.6 Å². The molecule has 6 nitrogen and oxygen atoms in total. The topological polar surface area (TPSA) is 69.2 Å². The van der Waals surface area contributed by atoms with Crippen LogP contribution in [0.15, 0.2) is 30.3 Å². The van der Waals surface area contributed by atoms with E-state index >= 15 is 0 Å². The molecule has 148 valence electrons. The SMILES string of the molecule is COc1cc(C(C)NCc2cc(Cl)c(OC)c(OC)c2)ccc1OCCO. The fourth-order valence-corrected chi connectivity index (χ4v) is 3.00. The number of hydrogen-bond acceptors (Lipinski definition) is 6. The van der Waals surface area contributed by atoms with Gasteiger partial charge in [-0.2, -0.15) is 0 Å². The minimum atomic E-state index is -0.0449. The molecule has 27 heavy (non-hydrogen) atoms. The number of methoxy groups -OCH3 is 3. The summed E-state index contributed by atoms with van der Waals surface area (Å²) in [7, 11) is 4.74. The van der Waals surface area contributed by atoms with E-state index < -0.39 is 0 Å². The van der Waals surface area contributed by atoms with Gasteiger partial charge in [-0.1, -0.05) is 17.7 Å². The first kappa shape index (κ1) is 21.2. The van der Waals surface area contributed by atoms with Gasteiger partial charge >= 0.3 is 0 Å². The number of aliphatic hydroxyl groups excluding tert-OH is 1. The molecule has 0 bridgehead atoms. The predicted octanol–water partition coefficient (Wildman–Crippen LogP) is 3.59. The lowest BCUT2D eigenvalue weighted by molar-refractivity contribution is 0.196. The summed E-state index contributed by atoms with van der Waals surface area (Å²) in [6.45, 7) is 2.85. The van der Waals surface area contributed by atoms with Gasteiger partial charge in [0.2, 0.25) is 0 Å². The summed E-state index contributed by atoms with van der Waals surface area (Å²) in [5, 5.41) is 12.9. The number of rotatable bonds is 10. The van der Waals surface area contributed by atoms with Gasteiger partial charge in [0, 0.05) is 12.6 Å². The van der Waals surface area contributed by atoms with Crippen molar-refractivity contribution < 1.29 is 24.1 Å². The van der Waals surface area contributed by atoms with Crippen LogP contribution in [0, 0.1) is 0 Å². The molecule has 0 saturated heterocycles. The Hall–Kier alpha value is -2.15. The average molecular weight is 396 g/mol. The van der Waals surface area contributed by atoms with Gasteiger partial charge in [0.25, 0.3) is 0 Å². The van der Waals surface area contributed by atoms with Crippen molar-refractivity contribution in [3.63, 3.8) is 0 Å². The lowest BCUT2D eigenvalue weighted by Gasteiger charge is -2.18. The summed E-state index contributed by atoms with van der Waals surface area (Å²) in [5.41, 5.74) is 2.04. The maximum Gasteiger partial charge on any atom is 0.179 e. The van der Waals surface area contributed by atoms with Gasteiger partial charge in [0.15, 0.2) is 23.0 Å². The quantitative estimate of drug-likeness (QED) is 0.640. The summed E-state index contributed by atoms with van der Waals surface area (Å²) in [6, 6.07) is 9.55. The van der Waals surface area contributed by atoms with Crippen molar-refractivity contribution in [1.82, 2.24) is 5.32 Å². The Labute approximate surface area is 165 Å². The van der Waals surface area contributed by atoms with E-state index in [1.165, 1.54) is 0 Å². The molecule has 0 amide bonds. The highest BCUT2D eigenvalue weighted by Gasteiger charge is 2.13. The third-order valence-electron chi connectivity index (χ3n) is 4.14. The third-order valence-corrected chi connectivity index (χ3v) is 4.42. The largest absolute Gasteiger partial charge is 0.493 e. The second-order valence-electron chi connectivity index (χ2n) is 5.90. The zero-order valence-corrected chi connectivity index (χ0v) is 16.8. The van der Waals surface area contributed by atoms with Crippen molar-refractivity contribution in [2.24, 2.45) is 0 Å². The molecular weight excluding hydrogens is 370 g/mol. The molecule has 0 aliphatic heterocycles. The first-order valence-electron chi connectivity index (χ1n) is 8.59. The van der Waals surface area contributed by atoms with Crippen molar-refractivity contribution in [1.29, 1.82) is 0 Å². The van der Waals surface area contributed by atoms with Crippen LogP contribution in [0.25, 0.3) is 0 Å². The highest BCUT2D eigenvalue weighted by molar-refractivity contribution is 6.32. The van der Waals surface area contributed by atoms with Crippen molar-refractivity contribution in [3.8, 4) is 23.0 Å². The number of benzene rings is 2. The minimum Gasteiger partial charge on any atom is -0.493 e. The minimum absolute atomic E-state index is 0.0449. The van der Waals surface area contributed by atoms with Gasteiger partial charge in [-0.05, 0) is 42.3 Å². The maximum absolute atomic E-state index is 8.90. The molecule has 7 heteroatoms. The van der Waals surface area contributed by atoms with Gasteiger partial charge in [-0.3, -0.25) is 0 Å². The van der Waals surface area contributed by atoms with E-state index in [1.807, 2.05) is 30.3 Å². The smallest absolute Gasteiger partial charge is 0.179 e. The second-order valence-corrected chi connectivity index (χ2v) is 6.31. The number of aliphatic hydroxyl groups is 1. The van der Waals surface area contributed by atoms with Crippen LogP contribution in [0.2, 0.25) is 5.02 Å². The van der Waals surface area contributed by atoms with E-state index in [9.17, 15) is 0 Å². The molecule has 2 rings (SSSR count). The normalized spacial score (nSPS) is 11.8. The zero-order chi connectivity index (χ0) is 19.8. The predicted molar refractivity (Wildman–Crippen MR) is 105 cm³/mol. The number of nitrogens with one attached hydrogen (secondary N) is 1. The van der Waals surface area contributed by atoms with Crippen molar-refractivity contribution in [2.45, 2.75) is 19.5 Å². The van der Waals surface area contributed by atoms with E-state index in [1.54, 1.807) is 21.3 Å². The fourth-order valence-electron chi connectivity index (χ4n) is 2.69. The highest BCUT2D eigenvalue weighted by atomic mass is 35.5. The Balaban J connectivity index is 2.09. The molecule has 0 aromatic heterocycles. The molecule has 2 aromatic rings. The van der Waals surface area contributed by atoms with Crippen LogP contribution in [-0.2, 0) is 6.54 Å². The summed E-state index contributed by atoms with van der Waals surface area (Å²) >= 11 is 6.26. The van der Waals surface area contributed by atoms with Crippen LogP contribution in [-0.4, -0.2) is 39.6 Å². The number of ether oxygens (including phenoxy) is 4. The molecule has 0 fully saturated rings. The van der Waals surface area contributed by atoms with E-state index in [-0.39, 0.29) is 19.3 Å². The standard InChI is InChI=1S/C20H26ClNO5/c1-13(15-5-6-17(27-8-7-23)18(11-15)24-2)22-12-14-9-16(21)20(26-4)19(10-14)25-3/h5-6,9-11,13,22-23H,7-8,12H2,1-4H3. The first-order valence-corrected chi connectivity index (χ1v) is 8.97. The monoisotopic (exact) mass is 395 g/mol. The van der Waals surface area contributed by atoms with Crippen LogP contribution in [0.4, 0.5) is 0 Å². The van der Waals surface area contributed by atoms with Gasteiger partial charge in [-0.25, -0.2) is 0 Å². The average Bonchev–Trinajstić information content (AvgIpc) is 2.69. The molecule has 1 unspecified atom stereocenters. The fraction of sp³-hybridized carbons (Fsp3) is 0.400. The number of hydrogen-bond donors (Lipinski definition) is 2. The van der Waals surface area contributed by atoms with Gasteiger partial charge in [-0.15, -0.1) is 0 Å². The van der Waals surface area contributed by atoms with Crippen LogP contribution in [0.3, 0.4) is 0 Å². The molecule has 0 spiro atoms. The Morgan fingerprint density at radius 3 is 2.37 bits per heavy atom. The second kappa shape index (κ2) is 10.3. The summed E-state index contributed by atoms with van der Waals surface area (Å²) in [6.07, 6.45) is 0. The molecule has 0 saturated carbocycles. The zero-order valence-electron chi connectivity index (χ0n) is 16.0. The Bertz CT molecular complexity index is 753. The molecule has 1 atom stereocenters. The molecule has 0 aliphatic rings. The van der Waals surface area contributed by atoms with Crippen LogP contribution in [0.1, 0.15) is 24.1 Å². The lowest BCUT2D eigenvalue weighted by atomic mass is 10.1. The molecule has 0 radical (unpaired) electrons. The Morgan fingerprint density at radius 1 is 1.00 bits per heavy atom. The van der Waals surface area contributed by atoms with E-state index in [2.05, 4.69) is 12.2 Å². The van der Waals surface area contributed by atoms with Crippen LogP contribution < -0.4 is 24.3 Å². The summed E-state index contributed by atoms with van der Waals surface area (Å²) < 4.78 is 21.5. The molecule has 0 aliphatic carbocycles. The van der Waals surface area contributed by atoms with Gasteiger partial charge in [0.1, 0.15) is 6.61 Å². The molecule has 2 aromatic carbocycles. The summed E-state index contributed by atoms with van der Waals surface area (Å²) in [5.74, 6) is 2.36. The van der Waals surface area contributed by atoms with Crippen molar-refractivity contribution in [2.75, 3.05) is 34.5 Å². The van der Waals surface area contributed by atoms with E-state index in [0.717, 1.165) is 11.1 Å². The molecule has 0 heterocycles. The Morgan fingerprint density at radius 2 is 1.74 bits per heavy atom. The maximum atomic E-state index is 8.90. The van der Waals surface area contributed by atoms with Crippen LogP contribution >= 0.6 is 11.6 Å². The van der Waals surface area contributed by atoms with Gasteiger partial charge < -0.3 is 29.4 Å². The van der Waals surface area contributed by atoms with E-state index in [4.69, 9.17) is 35.7 Å². The van der Waals surface area contributed by atoms with Gasteiger partial charge in [0.05, 0.1) is 33.0 Å². The molecule has 2 N–H and O–H groups in total. The van der Waals surface area contributed by atoms with E-state index in [0.29, 0.717) is 34.6 Å². The first-order chi connectivity index (χ1) is 13.0. The Kier molecular flexibility index (Phi) is 8.03. The van der Waals surface area contributed by atoms with Crippen molar-refractivity contribution in [3.05, 3.63) is 46.5 Å². The highest BCUT2D eigenvalue weighted by Crippen LogP contribution is 2.36. The molecular formula is C20H26ClNO5. The third kappa shape index (κ3) is 5.42. The lowest BCUT2D eigenvalue weighted by Crippen LogP contribution is -2.18. The number of halogens is 1.